The van der Waals surface area contributed by atoms with Crippen molar-refractivity contribution in [3.8, 4) is 0 Å². The minimum absolute atomic E-state index is 0.261. The number of nitrogens with zero attached hydrogens (tertiary/aromatic N) is 3. The number of pyridine rings is 1. The second kappa shape index (κ2) is 9.23. The highest BCUT2D eigenvalue weighted by Crippen LogP contribution is 2.22. The predicted octanol–water partition coefficient (Wildman–Crippen LogP) is 5.57. The molecule has 154 valence electrons. The molecule has 4 aromatic rings. The van der Waals surface area contributed by atoms with Crippen LogP contribution in [0.25, 0.3) is 0 Å². The van der Waals surface area contributed by atoms with Crippen molar-refractivity contribution in [1.29, 1.82) is 0 Å². The van der Waals surface area contributed by atoms with Crippen molar-refractivity contribution in [1.82, 2.24) is 15.0 Å². The van der Waals surface area contributed by atoms with Gasteiger partial charge in [-0.15, -0.1) is 0 Å². The zero-order chi connectivity index (χ0) is 21.6. The summed E-state index contributed by atoms with van der Waals surface area (Å²) < 4.78 is 0. The van der Waals surface area contributed by atoms with Crippen LogP contribution in [0.4, 0.5) is 28.8 Å². The van der Waals surface area contributed by atoms with Crippen molar-refractivity contribution < 1.29 is 4.79 Å². The zero-order valence-electron chi connectivity index (χ0n) is 16.6. The van der Waals surface area contributed by atoms with Gasteiger partial charge in [-0.05, 0) is 61.0 Å². The number of anilines is 5. The lowest BCUT2D eigenvalue weighted by Crippen LogP contribution is -2.12. The zero-order valence-corrected chi connectivity index (χ0v) is 17.4. The lowest BCUT2D eigenvalue weighted by molar-refractivity contribution is 0.102. The first-order valence-corrected chi connectivity index (χ1v) is 9.89. The standard InChI is InChI=1S/C23H19ClN6O/c1-15-10-11-25-20(12-15)30-22-13-21(26-14-27-22)28-16-6-8-17(9-7-16)29-23(31)18-4-2-3-5-19(18)24/h2-14H,1H3,(H,29,31)(H2,25,26,27,28,30). The molecule has 0 radical (unpaired) electrons. The second-order valence-electron chi connectivity index (χ2n) is 6.77. The van der Waals surface area contributed by atoms with E-state index in [0.29, 0.717) is 33.7 Å². The molecule has 2 heterocycles. The van der Waals surface area contributed by atoms with Crippen LogP contribution in [-0.2, 0) is 0 Å². The maximum Gasteiger partial charge on any atom is 0.257 e. The van der Waals surface area contributed by atoms with E-state index in [1.165, 1.54) is 6.33 Å². The average Bonchev–Trinajstić information content (AvgIpc) is 2.76. The molecular weight excluding hydrogens is 412 g/mol. The summed E-state index contributed by atoms with van der Waals surface area (Å²) in [6.45, 7) is 2.00. The molecule has 2 aromatic carbocycles. The second-order valence-corrected chi connectivity index (χ2v) is 7.18. The maximum absolute atomic E-state index is 12.4. The minimum Gasteiger partial charge on any atom is -0.340 e. The third kappa shape index (κ3) is 5.34. The Balaban J connectivity index is 1.41. The molecule has 31 heavy (non-hydrogen) atoms. The van der Waals surface area contributed by atoms with Crippen LogP contribution in [0, 0.1) is 6.92 Å². The number of benzene rings is 2. The van der Waals surface area contributed by atoms with E-state index in [1.54, 1.807) is 48.7 Å². The third-order valence-corrected chi connectivity index (χ3v) is 4.70. The summed E-state index contributed by atoms with van der Waals surface area (Å²) in [5.74, 6) is 1.70. The Kier molecular flexibility index (Phi) is 6.05. The number of aromatic nitrogens is 3. The average molecular weight is 431 g/mol. The van der Waals surface area contributed by atoms with E-state index in [-0.39, 0.29) is 5.91 Å². The molecule has 0 spiro atoms. The first-order chi connectivity index (χ1) is 15.1. The van der Waals surface area contributed by atoms with Gasteiger partial charge in [-0.2, -0.15) is 0 Å². The van der Waals surface area contributed by atoms with Gasteiger partial charge in [0.05, 0.1) is 10.6 Å². The van der Waals surface area contributed by atoms with E-state index in [9.17, 15) is 4.79 Å². The van der Waals surface area contributed by atoms with Crippen LogP contribution < -0.4 is 16.0 Å². The summed E-state index contributed by atoms with van der Waals surface area (Å²) in [5, 5.41) is 9.63. The van der Waals surface area contributed by atoms with Crippen molar-refractivity contribution in [3.63, 3.8) is 0 Å². The van der Waals surface area contributed by atoms with Gasteiger partial charge < -0.3 is 16.0 Å². The number of aryl methyl sites for hydroxylation is 1. The normalized spacial score (nSPS) is 10.4. The van der Waals surface area contributed by atoms with E-state index in [1.807, 2.05) is 31.2 Å². The Morgan fingerprint density at radius 3 is 2.23 bits per heavy atom. The van der Waals surface area contributed by atoms with Crippen LogP contribution in [0.15, 0.2) is 79.3 Å². The number of nitrogens with one attached hydrogen (secondary N) is 3. The number of amides is 1. The molecule has 4 rings (SSSR count). The van der Waals surface area contributed by atoms with Gasteiger partial charge in [0.25, 0.3) is 5.91 Å². The number of rotatable bonds is 6. The Morgan fingerprint density at radius 2 is 1.48 bits per heavy atom. The molecule has 0 fully saturated rings. The molecule has 8 heteroatoms. The van der Waals surface area contributed by atoms with Gasteiger partial charge in [0.15, 0.2) is 0 Å². The van der Waals surface area contributed by atoms with E-state index < -0.39 is 0 Å². The molecule has 2 aromatic heterocycles. The lowest BCUT2D eigenvalue weighted by atomic mass is 10.2. The van der Waals surface area contributed by atoms with E-state index in [2.05, 4.69) is 30.9 Å². The SMILES string of the molecule is Cc1ccnc(Nc2cc(Nc3ccc(NC(=O)c4ccccc4Cl)cc3)ncn2)c1. The van der Waals surface area contributed by atoms with Gasteiger partial charge in [0.1, 0.15) is 23.8 Å². The van der Waals surface area contributed by atoms with Gasteiger partial charge in [-0.25, -0.2) is 15.0 Å². The molecule has 0 aliphatic heterocycles. The van der Waals surface area contributed by atoms with Crippen LogP contribution in [0.2, 0.25) is 5.02 Å². The fourth-order valence-electron chi connectivity index (χ4n) is 2.86. The first kappa shape index (κ1) is 20.3. The summed E-state index contributed by atoms with van der Waals surface area (Å²) in [6.07, 6.45) is 3.21. The van der Waals surface area contributed by atoms with Crippen molar-refractivity contribution in [2.45, 2.75) is 6.92 Å². The van der Waals surface area contributed by atoms with Crippen molar-refractivity contribution in [3.05, 3.63) is 95.4 Å². The monoisotopic (exact) mass is 430 g/mol. The molecule has 0 atom stereocenters. The Bertz CT molecular complexity index is 1210. The Labute approximate surface area is 184 Å². The number of hydrogen-bond acceptors (Lipinski definition) is 6. The fraction of sp³-hybridized carbons (Fsp3) is 0.0435. The molecule has 7 nitrogen and oxygen atoms in total. The predicted molar refractivity (Wildman–Crippen MR) is 123 cm³/mol. The summed E-state index contributed by atoms with van der Waals surface area (Å²) >= 11 is 6.08. The molecule has 3 N–H and O–H groups in total. The smallest absolute Gasteiger partial charge is 0.257 e. The topological polar surface area (TPSA) is 91.8 Å². The van der Waals surface area contributed by atoms with Crippen LogP contribution in [-0.4, -0.2) is 20.9 Å². The first-order valence-electron chi connectivity index (χ1n) is 9.51. The van der Waals surface area contributed by atoms with Gasteiger partial charge >= 0.3 is 0 Å². The molecule has 0 bridgehead atoms. The van der Waals surface area contributed by atoms with Crippen molar-refractivity contribution >= 4 is 46.3 Å². The molecule has 0 aliphatic carbocycles. The number of hydrogen-bond donors (Lipinski definition) is 3. The fourth-order valence-corrected chi connectivity index (χ4v) is 3.08. The Hall–Kier alpha value is -3.97. The van der Waals surface area contributed by atoms with Crippen LogP contribution in [0.1, 0.15) is 15.9 Å². The third-order valence-electron chi connectivity index (χ3n) is 4.37. The van der Waals surface area contributed by atoms with Crippen molar-refractivity contribution in [2.24, 2.45) is 0 Å². The molecule has 1 amide bonds. The Morgan fingerprint density at radius 1 is 0.806 bits per heavy atom. The highest BCUT2D eigenvalue weighted by atomic mass is 35.5. The molecule has 0 saturated carbocycles. The molecule has 0 saturated heterocycles. The number of carbonyl (C=O) groups excluding carboxylic acids is 1. The van der Waals surface area contributed by atoms with Crippen molar-refractivity contribution in [2.75, 3.05) is 16.0 Å². The van der Waals surface area contributed by atoms with Crippen LogP contribution >= 0.6 is 11.6 Å². The molecule has 0 aliphatic rings. The number of halogens is 1. The van der Waals surface area contributed by atoms with Gasteiger partial charge in [0.2, 0.25) is 0 Å². The van der Waals surface area contributed by atoms with E-state index >= 15 is 0 Å². The van der Waals surface area contributed by atoms with E-state index in [4.69, 9.17) is 11.6 Å². The molecule has 0 unspecified atom stereocenters. The highest BCUT2D eigenvalue weighted by molar-refractivity contribution is 6.34. The number of carbonyl (C=O) groups is 1. The van der Waals surface area contributed by atoms with Crippen LogP contribution in [0.5, 0.6) is 0 Å². The molecular formula is C23H19ClN6O. The van der Waals surface area contributed by atoms with Gasteiger partial charge in [-0.1, -0.05) is 23.7 Å². The van der Waals surface area contributed by atoms with Crippen LogP contribution in [0.3, 0.4) is 0 Å². The summed E-state index contributed by atoms with van der Waals surface area (Å²) in [7, 11) is 0. The van der Waals surface area contributed by atoms with Gasteiger partial charge in [-0.3, -0.25) is 4.79 Å². The highest BCUT2D eigenvalue weighted by Gasteiger charge is 2.09. The largest absolute Gasteiger partial charge is 0.340 e. The quantitative estimate of drug-likeness (QED) is 0.370. The summed E-state index contributed by atoms with van der Waals surface area (Å²) in [4.78, 5) is 25.1. The van der Waals surface area contributed by atoms with Gasteiger partial charge in [0, 0.05) is 23.6 Å². The summed E-state index contributed by atoms with van der Waals surface area (Å²) in [6, 6.07) is 19.9. The maximum atomic E-state index is 12.4. The van der Waals surface area contributed by atoms with E-state index in [0.717, 1.165) is 11.3 Å². The summed E-state index contributed by atoms with van der Waals surface area (Å²) in [5.41, 5.74) is 3.00. The minimum atomic E-state index is -0.261. The lowest BCUT2D eigenvalue weighted by Gasteiger charge is -2.10.